The summed E-state index contributed by atoms with van der Waals surface area (Å²) in [5, 5.41) is 0. The van der Waals surface area contributed by atoms with Gasteiger partial charge in [0.15, 0.2) is 0 Å². The first-order valence-electron chi connectivity index (χ1n) is 2.47. The summed E-state index contributed by atoms with van der Waals surface area (Å²) in [6.07, 6.45) is 2.69. The van der Waals surface area contributed by atoms with Crippen LogP contribution < -0.4 is 0 Å². The highest BCUT2D eigenvalue weighted by Gasteiger charge is 1.75. The van der Waals surface area contributed by atoms with Crippen LogP contribution in [0.3, 0.4) is 0 Å². The molecule has 0 aromatic heterocycles. The fraction of sp³-hybridized carbons (Fsp3) is 0.500. The molecule has 0 rings (SSSR count). The summed E-state index contributed by atoms with van der Waals surface area (Å²) in [5.41, 5.74) is 0. The van der Waals surface area contributed by atoms with E-state index in [-0.39, 0.29) is 0 Å². The van der Waals surface area contributed by atoms with Crippen LogP contribution in [-0.4, -0.2) is 6.61 Å². The fourth-order valence-corrected chi connectivity index (χ4v) is 0.254. The minimum Gasteiger partial charge on any atom is -0.371 e. The molecule has 0 fully saturated rings. The van der Waals surface area contributed by atoms with Crippen molar-refractivity contribution < 1.29 is 4.74 Å². The minimum absolute atomic E-state index is 0.798. The van der Waals surface area contributed by atoms with Gasteiger partial charge in [0.1, 0.15) is 6.61 Å². The molecule has 0 unspecified atom stereocenters. The predicted molar refractivity (Wildman–Crippen MR) is 30.7 cm³/mol. The molecule has 0 aliphatic rings. The normalized spacial score (nSPS) is 8.71. The van der Waals surface area contributed by atoms with E-state index in [0.29, 0.717) is 0 Å². The van der Waals surface area contributed by atoms with Crippen LogP contribution in [0.25, 0.3) is 0 Å². The fourth-order valence-electron chi connectivity index (χ4n) is 0.254. The number of hydrogen-bond donors (Lipinski definition) is 0. The summed E-state index contributed by atoms with van der Waals surface area (Å²) < 4.78 is 4.89. The van der Waals surface area contributed by atoms with Crippen LogP contribution in [0.1, 0.15) is 13.3 Å². The van der Waals surface area contributed by atoms with Crippen molar-refractivity contribution in [3.8, 4) is 0 Å². The first kappa shape index (κ1) is 6.70. The van der Waals surface area contributed by atoms with Crippen LogP contribution in [0, 0.1) is 6.61 Å². The Balaban J connectivity index is 2.56. The number of ether oxygens (including phenoxy) is 1. The van der Waals surface area contributed by atoms with E-state index in [1.54, 1.807) is 12.7 Å². The van der Waals surface area contributed by atoms with E-state index >= 15 is 0 Å². The molecule has 1 radical (unpaired) electrons. The third-order valence-electron chi connectivity index (χ3n) is 0.514. The Hall–Kier alpha value is -0.300. The molecular weight excluding hydrogens is 88.1 g/mol. The van der Waals surface area contributed by atoms with Gasteiger partial charge >= 0.3 is 0 Å². The molecule has 0 heterocycles. The Kier molecular flexibility index (Phi) is 5.46. The van der Waals surface area contributed by atoms with Gasteiger partial charge in [0.2, 0.25) is 0 Å². The van der Waals surface area contributed by atoms with E-state index < -0.39 is 0 Å². The molecular formula is C6H11O. The lowest BCUT2D eigenvalue weighted by molar-refractivity contribution is 0.216. The van der Waals surface area contributed by atoms with Gasteiger partial charge in [-0.3, -0.25) is 0 Å². The zero-order valence-electron chi connectivity index (χ0n) is 4.68. The van der Waals surface area contributed by atoms with Crippen LogP contribution in [0.2, 0.25) is 0 Å². The highest BCUT2D eigenvalue weighted by atomic mass is 16.5. The average Bonchev–Trinajstić information content (AvgIpc) is 1.69. The first-order chi connectivity index (χ1) is 3.41. The third-order valence-corrected chi connectivity index (χ3v) is 0.514. The maximum absolute atomic E-state index is 4.89. The smallest absolute Gasteiger partial charge is 0.105 e. The van der Waals surface area contributed by atoms with Crippen LogP contribution in [0.4, 0.5) is 0 Å². The van der Waals surface area contributed by atoms with Crippen molar-refractivity contribution in [3.63, 3.8) is 0 Å². The summed E-state index contributed by atoms with van der Waals surface area (Å²) >= 11 is 0. The highest BCUT2D eigenvalue weighted by Crippen LogP contribution is 1.83. The van der Waals surface area contributed by atoms with E-state index in [4.69, 9.17) is 4.74 Å². The second-order valence-corrected chi connectivity index (χ2v) is 1.24. The van der Waals surface area contributed by atoms with Gasteiger partial charge in [-0.15, -0.1) is 6.58 Å². The molecule has 7 heavy (non-hydrogen) atoms. The molecule has 0 aromatic carbocycles. The van der Waals surface area contributed by atoms with Crippen LogP contribution in [-0.2, 0) is 4.74 Å². The lowest BCUT2D eigenvalue weighted by Gasteiger charge is -1.91. The zero-order chi connectivity index (χ0) is 5.54. The quantitative estimate of drug-likeness (QED) is 0.488. The Morgan fingerprint density at radius 3 is 2.86 bits per heavy atom. The van der Waals surface area contributed by atoms with Crippen molar-refractivity contribution >= 4 is 0 Å². The summed E-state index contributed by atoms with van der Waals surface area (Å²) in [6.45, 7) is 7.92. The topological polar surface area (TPSA) is 9.23 Å². The van der Waals surface area contributed by atoms with Crippen molar-refractivity contribution in [1.82, 2.24) is 0 Å². The van der Waals surface area contributed by atoms with Crippen LogP contribution in [0.15, 0.2) is 12.7 Å². The molecule has 0 aliphatic heterocycles. The standard InChI is InChI=1S/C6H11O/c1-3-5-7-6-4-2/h3,5H,1,4,6H2,2H3. The van der Waals surface area contributed by atoms with Crippen molar-refractivity contribution in [3.05, 3.63) is 19.3 Å². The summed E-state index contributed by atoms with van der Waals surface area (Å²) in [4.78, 5) is 0. The third kappa shape index (κ3) is 5.70. The average molecular weight is 99.2 g/mol. The van der Waals surface area contributed by atoms with Crippen LogP contribution >= 0.6 is 0 Å². The molecule has 0 N–H and O–H groups in total. The lowest BCUT2D eigenvalue weighted by atomic mass is 10.5. The molecule has 0 aliphatic carbocycles. The molecule has 0 amide bonds. The lowest BCUT2D eigenvalue weighted by Crippen LogP contribution is -1.84. The molecule has 0 saturated heterocycles. The Bertz CT molecular complexity index is 41.4. The second kappa shape index (κ2) is 5.70. The largest absolute Gasteiger partial charge is 0.371 e. The van der Waals surface area contributed by atoms with Gasteiger partial charge in [0.05, 0.1) is 0 Å². The zero-order valence-corrected chi connectivity index (χ0v) is 4.68. The Morgan fingerprint density at radius 1 is 1.71 bits per heavy atom. The molecule has 0 aromatic rings. The SMILES string of the molecule is C=C[CH]OCCC. The van der Waals surface area contributed by atoms with Crippen molar-refractivity contribution in [2.75, 3.05) is 6.61 Å². The van der Waals surface area contributed by atoms with Gasteiger partial charge in [0, 0.05) is 6.61 Å². The maximum atomic E-state index is 4.89. The Labute approximate surface area is 45.0 Å². The number of rotatable bonds is 4. The van der Waals surface area contributed by atoms with Gasteiger partial charge in [-0.2, -0.15) is 0 Å². The van der Waals surface area contributed by atoms with Gasteiger partial charge in [-0.25, -0.2) is 0 Å². The highest BCUT2D eigenvalue weighted by molar-refractivity contribution is 4.76. The monoisotopic (exact) mass is 99.1 g/mol. The Morgan fingerprint density at radius 2 is 2.43 bits per heavy atom. The molecule has 0 spiro atoms. The van der Waals surface area contributed by atoms with Gasteiger partial charge < -0.3 is 4.74 Å². The predicted octanol–water partition coefficient (Wildman–Crippen LogP) is 1.76. The van der Waals surface area contributed by atoms with Crippen molar-refractivity contribution in [1.29, 1.82) is 0 Å². The maximum Gasteiger partial charge on any atom is 0.105 e. The molecule has 0 saturated carbocycles. The van der Waals surface area contributed by atoms with Gasteiger partial charge in [0.25, 0.3) is 0 Å². The minimum atomic E-state index is 0.798. The summed E-state index contributed by atoms with van der Waals surface area (Å²) in [6, 6.07) is 0. The number of hydrogen-bond acceptors (Lipinski definition) is 1. The molecule has 0 atom stereocenters. The molecule has 1 heteroatoms. The molecule has 1 nitrogen and oxygen atoms in total. The van der Waals surface area contributed by atoms with Crippen LogP contribution in [0.5, 0.6) is 0 Å². The van der Waals surface area contributed by atoms with E-state index in [1.807, 2.05) is 0 Å². The van der Waals surface area contributed by atoms with Gasteiger partial charge in [-0.05, 0) is 6.42 Å². The van der Waals surface area contributed by atoms with E-state index in [2.05, 4.69) is 13.5 Å². The first-order valence-corrected chi connectivity index (χ1v) is 2.47. The second-order valence-electron chi connectivity index (χ2n) is 1.24. The summed E-state index contributed by atoms with van der Waals surface area (Å²) in [5.74, 6) is 0. The molecule has 41 valence electrons. The summed E-state index contributed by atoms with van der Waals surface area (Å²) in [7, 11) is 0. The van der Waals surface area contributed by atoms with E-state index in [9.17, 15) is 0 Å². The van der Waals surface area contributed by atoms with Crippen molar-refractivity contribution in [2.24, 2.45) is 0 Å². The molecule has 0 bridgehead atoms. The van der Waals surface area contributed by atoms with Crippen molar-refractivity contribution in [2.45, 2.75) is 13.3 Å². The van der Waals surface area contributed by atoms with Gasteiger partial charge in [-0.1, -0.05) is 13.0 Å². The van der Waals surface area contributed by atoms with E-state index in [0.717, 1.165) is 13.0 Å². The van der Waals surface area contributed by atoms with E-state index in [1.165, 1.54) is 0 Å².